The Labute approximate surface area is 274 Å². The van der Waals surface area contributed by atoms with Gasteiger partial charge in [-0.2, -0.15) is 0 Å². The van der Waals surface area contributed by atoms with E-state index in [2.05, 4.69) is 47.5 Å². The van der Waals surface area contributed by atoms with Gasteiger partial charge in [-0.05, 0) is 66.2 Å². The molecule has 12 heteroatoms. The SMILES string of the molecule is CC.CC(C)NC(=O)CN(CC(=O)NC(C)C)C(=O)CCNCONCCCOC(C)(C)CCNC(=O)C(C)(C)CC(C)(C)C. The summed E-state index contributed by atoms with van der Waals surface area (Å²) in [5.74, 6) is -0.851. The minimum atomic E-state index is -0.420. The molecule has 0 aliphatic carbocycles. The topological polar surface area (TPSA) is 150 Å². The average Bonchev–Trinajstić information content (AvgIpc) is 2.87. The summed E-state index contributed by atoms with van der Waals surface area (Å²) in [4.78, 5) is 56.3. The normalized spacial score (nSPS) is 12.0. The summed E-state index contributed by atoms with van der Waals surface area (Å²) >= 11 is 0. The van der Waals surface area contributed by atoms with E-state index in [4.69, 9.17) is 9.57 Å². The molecule has 0 rings (SSSR count). The Morgan fingerprint density at radius 2 is 1.31 bits per heavy atom. The van der Waals surface area contributed by atoms with Gasteiger partial charge in [-0.3, -0.25) is 29.3 Å². The van der Waals surface area contributed by atoms with Crippen molar-refractivity contribution in [3.63, 3.8) is 0 Å². The van der Waals surface area contributed by atoms with E-state index in [0.717, 1.165) is 12.8 Å². The Bertz CT molecular complexity index is 831. The molecule has 0 saturated heterocycles. The Morgan fingerprint density at radius 1 is 0.778 bits per heavy atom. The second-order valence-electron chi connectivity index (χ2n) is 14.2. The van der Waals surface area contributed by atoms with Gasteiger partial charge in [0, 0.05) is 50.2 Å². The Balaban J connectivity index is 0. The highest BCUT2D eigenvalue weighted by Gasteiger charge is 2.32. The maximum atomic E-state index is 12.7. The van der Waals surface area contributed by atoms with Crippen molar-refractivity contribution < 1.29 is 28.8 Å². The minimum Gasteiger partial charge on any atom is -0.375 e. The number of ether oxygens (including phenoxy) is 1. The van der Waals surface area contributed by atoms with Gasteiger partial charge in [0.15, 0.2) is 0 Å². The first-order valence-electron chi connectivity index (χ1n) is 16.6. The van der Waals surface area contributed by atoms with Crippen LogP contribution in [0, 0.1) is 10.8 Å². The highest BCUT2D eigenvalue weighted by Crippen LogP contribution is 2.33. The third-order valence-electron chi connectivity index (χ3n) is 6.23. The minimum absolute atomic E-state index is 0.0614. The number of carbonyl (C=O) groups is 4. The molecule has 266 valence electrons. The summed E-state index contributed by atoms with van der Waals surface area (Å²) < 4.78 is 6.01. The van der Waals surface area contributed by atoms with Crippen molar-refractivity contribution in [2.45, 2.75) is 133 Å². The molecule has 4 amide bonds. The highest BCUT2D eigenvalue weighted by atomic mass is 16.7. The number of rotatable bonds is 22. The molecule has 45 heavy (non-hydrogen) atoms. The van der Waals surface area contributed by atoms with Crippen LogP contribution >= 0.6 is 0 Å². The van der Waals surface area contributed by atoms with Crippen molar-refractivity contribution in [3.8, 4) is 0 Å². The third-order valence-corrected chi connectivity index (χ3v) is 6.23. The summed E-state index contributed by atoms with van der Waals surface area (Å²) in [7, 11) is 0. The molecule has 0 aliphatic rings. The molecule has 0 atom stereocenters. The second-order valence-corrected chi connectivity index (χ2v) is 14.2. The van der Waals surface area contributed by atoms with Crippen LogP contribution in [0.2, 0.25) is 0 Å². The average molecular weight is 645 g/mol. The molecule has 0 radical (unpaired) electrons. The monoisotopic (exact) mass is 645 g/mol. The summed E-state index contributed by atoms with van der Waals surface area (Å²) in [6, 6.07) is -0.123. The lowest BCUT2D eigenvalue weighted by Gasteiger charge is -2.32. The molecule has 12 nitrogen and oxygen atoms in total. The molecule has 5 N–H and O–H groups in total. The van der Waals surface area contributed by atoms with Crippen LogP contribution in [0.4, 0.5) is 0 Å². The molecule has 0 aromatic heterocycles. The van der Waals surface area contributed by atoms with Gasteiger partial charge in [-0.25, -0.2) is 5.48 Å². The third kappa shape index (κ3) is 25.6. The van der Waals surface area contributed by atoms with Crippen molar-refractivity contribution in [2.75, 3.05) is 46.1 Å². The number of amides is 4. The van der Waals surface area contributed by atoms with Crippen LogP contribution in [-0.2, 0) is 28.8 Å². The van der Waals surface area contributed by atoms with Crippen LogP contribution in [-0.4, -0.2) is 92.3 Å². The molecular formula is C33H68N6O6. The molecule has 0 aromatic rings. The van der Waals surface area contributed by atoms with Gasteiger partial charge in [0.05, 0.1) is 5.60 Å². The Hall–Kier alpha value is -2.28. The maximum absolute atomic E-state index is 12.7. The molecule has 0 aliphatic heterocycles. The van der Waals surface area contributed by atoms with E-state index < -0.39 is 5.41 Å². The van der Waals surface area contributed by atoms with Crippen LogP contribution in [0.1, 0.15) is 116 Å². The standard InChI is InChI=1S/C31H62N6O6.C2H6/c1-23(2)35-25(38)19-37(20-26(39)36-24(3)4)27(40)13-16-32-22-43-34-15-12-18-42-31(10,11)14-17-33-28(41)30(8,9)21-29(5,6)7;1-2/h23-24,32,34H,12-22H2,1-11H3,(H,33,41)(H,35,38)(H,36,39);1-2H3. The summed E-state index contributed by atoms with van der Waals surface area (Å²) in [5, 5.41) is 11.6. The van der Waals surface area contributed by atoms with Crippen molar-refractivity contribution >= 4 is 23.6 Å². The Kier molecular flexibility index (Phi) is 23.0. The molecule has 0 saturated carbocycles. The van der Waals surface area contributed by atoms with Gasteiger partial charge in [0.1, 0.15) is 19.8 Å². The molecule has 0 spiro atoms. The Morgan fingerprint density at radius 3 is 1.80 bits per heavy atom. The van der Waals surface area contributed by atoms with Crippen molar-refractivity contribution in [1.82, 2.24) is 31.6 Å². The fourth-order valence-electron chi connectivity index (χ4n) is 4.60. The summed E-state index contributed by atoms with van der Waals surface area (Å²) in [6.45, 7) is 27.6. The van der Waals surface area contributed by atoms with E-state index in [-0.39, 0.29) is 73.0 Å². The first-order valence-corrected chi connectivity index (χ1v) is 16.6. The van der Waals surface area contributed by atoms with Crippen LogP contribution < -0.4 is 26.7 Å². The van der Waals surface area contributed by atoms with Crippen molar-refractivity contribution in [1.29, 1.82) is 0 Å². The van der Waals surface area contributed by atoms with Crippen molar-refractivity contribution in [3.05, 3.63) is 0 Å². The van der Waals surface area contributed by atoms with Gasteiger partial charge < -0.3 is 25.6 Å². The molecule has 0 aromatic carbocycles. The highest BCUT2D eigenvalue weighted by molar-refractivity contribution is 5.89. The number of nitrogens with one attached hydrogen (secondary N) is 5. The van der Waals surface area contributed by atoms with Crippen LogP contribution in [0.15, 0.2) is 0 Å². The second kappa shape index (κ2) is 23.1. The van der Waals surface area contributed by atoms with Crippen molar-refractivity contribution in [2.24, 2.45) is 10.8 Å². The first kappa shape index (κ1) is 44.8. The quantitative estimate of drug-likeness (QED) is 0.0683. The zero-order valence-electron chi connectivity index (χ0n) is 30.8. The van der Waals surface area contributed by atoms with Gasteiger partial charge >= 0.3 is 0 Å². The molecular weight excluding hydrogens is 576 g/mol. The van der Waals surface area contributed by atoms with E-state index in [1.807, 2.05) is 69.2 Å². The predicted octanol–water partition coefficient (Wildman–Crippen LogP) is 3.50. The van der Waals surface area contributed by atoms with Gasteiger partial charge in [-0.15, -0.1) is 0 Å². The zero-order chi connectivity index (χ0) is 35.3. The summed E-state index contributed by atoms with van der Waals surface area (Å²) in [5.41, 5.74) is 2.16. The molecule has 0 heterocycles. The molecule has 0 bridgehead atoms. The molecule has 0 fully saturated rings. The van der Waals surface area contributed by atoms with E-state index in [1.54, 1.807) is 0 Å². The smallest absolute Gasteiger partial charge is 0.239 e. The van der Waals surface area contributed by atoms with Crippen LogP contribution in [0.5, 0.6) is 0 Å². The number of nitrogens with zero attached hydrogens (tertiary/aromatic N) is 1. The van der Waals surface area contributed by atoms with E-state index in [1.165, 1.54) is 4.90 Å². The fourth-order valence-corrected chi connectivity index (χ4v) is 4.60. The lowest BCUT2D eigenvalue weighted by molar-refractivity contribution is -0.139. The number of hydroxylamine groups is 1. The number of carbonyl (C=O) groups excluding carboxylic acids is 4. The predicted molar refractivity (Wildman–Crippen MR) is 181 cm³/mol. The lowest BCUT2D eigenvalue weighted by Crippen LogP contribution is -2.48. The number of hydrogen-bond acceptors (Lipinski definition) is 8. The maximum Gasteiger partial charge on any atom is 0.239 e. The largest absolute Gasteiger partial charge is 0.375 e. The van der Waals surface area contributed by atoms with E-state index >= 15 is 0 Å². The van der Waals surface area contributed by atoms with Gasteiger partial charge in [0.25, 0.3) is 0 Å². The first-order chi connectivity index (χ1) is 20.7. The number of hydrogen-bond donors (Lipinski definition) is 5. The van der Waals surface area contributed by atoms with Gasteiger partial charge in [0.2, 0.25) is 23.6 Å². The van der Waals surface area contributed by atoms with E-state index in [0.29, 0.717) is 32.7 Å². The summed E-state index contributed by atoms with van der Waals surface area (Å²) in [6.07, 6.45) is 2.37. The van der Waals surface area contributed by atoms with E-state index in [9.17, 15) is 19.2 Å². The van der Waals surface area contributed by atoms with Crippen LogP contribution in [0.25, 0.3) is 0 Å². The van der Waals surface area contributed by atoms with Gasteiger partial charge in [-0.1, -0.05) is 48.5 Å². The zero-order valence-corrected chi connectivity index (χ0v) is 30.8. The fraction of sp³-hybridized carbons (Fsp3) is 0.879. The molecule has 0 unspecified atom stereocenters. The van der Waals surface area contributed by atoms with Crippen LogP contribution in [0.3, 0.4) is 0 Å². The lowest BCUT2D eigenvalue weighted by atomic mass is 9.75.